The maximum Gasteiger partial charge on any atom is 0.223 e. The number of halogens is 1. The zero-order valence-electron chi connectivity index (χ0n) is 8.79. The Bertz CT molecular complexity index is 366. The van der Waals surface area contributed by atoms with Crippen LogP contribution in [0.3, 0.4) is 0 Å². The van der Waals surface area contributed by atoms with Gasteiger partial charge in [0.25, 0.3) is 0 Å². The molecule has 0 aromatic heterocycles. The number of hydrogen-bond donors (Lipinski definition) is 1. The van der Waals surface area contributed by atoms with E-state index in [4.69, 9.17) is 10.5 Å². The van der Waals surface area contributed by atoms with E-state index in [-0.39, 0.29) is 18.3 Å². The predicted molar refractivity (Wildman–Crippen MR) is 55.0 cm³/mol. The Balaban J connectivity index is 2.58. The summed E-state index contributed by atoms with van der Waals surface area (Å²) in [6.45, 7) is 3.54. The topological polar surface area (TPSA) is 52.3 Å². The van der Waals surface area contributed by atoms with Gasteiger partial charge in [-0.15, -0.1) is 0 Å². The van der Waals surface area contributed by atoms with Crippen molar-refractivity contribution in [2.75, 3.05) is 6.61 Å². The number of rotatable bonds is 4. The van der Waals surface area contributed by atoms with Crippen LogP contribution >= 0.6 is 0 Å². The highest BCUT2D eigenvalue weighted by Gasteiger charge is 2.09. The normalized spacial score (nSPS) is 12.2. The first-order chi connectivity index (χ1) is 7.00. The molecule has 3 nitrogen and oxygen atoms in total. The number of aryl methyl sites for hydroxylation is 1. The third-order valence-corrected chi connectivity index (χ3v) is 2.12. The lowest BCUT2D eigenvalue weighted by Crippen LogP contribution is -2.25. The van der Waals surface area contributed by atoms with E-state index in [1.165, 1.54) is 12.1 Å². The lowest BCUT2D eigenvalue weighted by Gasteiger charge is -2.10. The molecule has 0 radical (unpaired) electrons. The molecule has 0 saturated heterocycles. The minimum Gasteiger partial charge on any atom is -0.493 e. The minimum atomic E-state index is -0.408. The Hall–Kier alpha value is -1.58. The van der Waals surface area contributed by atoms with E-state index in [9.17, 15) is 9.18 Å². The van der Waals surface area contributed by atoms with Crippen molar-refractivity contribution >= 4 is 5.91 Å². The first-order valence-corrected chi connectivity index (χ1v) is 4.69. The molecule has 1 amide bonds. The summed E-state index contributed by atoms with van der Waals surface area (Å²) >= 11 is 0. The summed E-state index contributed by atoms with van der Waals surface area (Å²) in [5.74, 6) is -0.489. The maximum atomic E-state index is 12.9. The summed E-state index contributed by atoms with van der Waals surface area (Å²) in [5, 5.41) is 0. The van der Waals surface area contributed by atoms with E-state index >= 15 is 0 Å². The molecular weight excluding hydrogens is 197 g/mol. The van der Waals surface area contributed by atoms with Crippen molar-refractivity contribution in [3.63, 3.8) is 0 Å². The highest BCUT2D eigenvalue weighted by molar-refractivity contribution is 5.76. The quantitative estimate of drug-likeness (QED) is 0.823. The number of carbonyl (C=O) groups excluding carboxylic acids is 1. The van der Waals surface area contributed by atoms with Crippen LogP contribution in [0.25, 0.3) is 0 Å². The van der Waals surface area contributed by atoms with Crippen LogP contribution in [0.15, 0.2) is 18.2 Å². The first-order valence-electron chi connectivity index (χ1n) is 4.69. The third kappa shape index (κ3) is 3.23. The summed E-state index contributed by atoms with van der Waals surface area (Å²) in [4.78, 5) is 10.7. The fraction of sp³-hybridized carbons (Fsp3) is 0.364. The van der Waals surface area contributed by atoms with E-state index in [1.54, 1.807) is 19.9 Å². The van der Waals surface area contributed by atoms with Gasteiger partial charge in [-0.2, -0.15) is 0 Å². The number of nitrogens with two attached hydrogens (primary N) is 1. The van der Waals surface area contributed by atoms with Gasteiger partial charge in [0.15, 0.2) is 0 Å². The van der Waals surface area contributed by atoms with Crippen molar-refractivity contribution in [3.8, 4) is 5.75 Å². The zero-order valence-corrected chi connectivity index (χ0v) is 8.79. The second kappa shape index (κ2) is 4.77. The average molecular weight is 211 g/mol. The van der Waals surface area contributed by atoms with Crippen molar-refractivity contribution < 1.29 is 13.9 Å². The Morgan fingerprint density at radius 1 is 1.60 bits per heavy atom. The van der Waals surface area contributed by atoms with Gasteiger partial charge in [-0.05, 0) is 30.7 Å². The lowest BCUT2D eigenvalue weighted by molar-refractivity contribution is -0.122. The van der Waals surface area contributed by atoms with Gasteiger partial charge in [0, 0.05) is 0 Å². The SMILES string of the molecule is Cc1cc(OCC(C)C(N)=O)ccc1F. The Morgan fingerprint density at radius 2 is 2.27 bits per heavy atom. The molecule has 0 aliphatic heterocycles. The van der Waals surface area contributed by atoms with E-state index in [0.29, 0.717) is 11.3 Å². The Morgan fingerprint density at radius 3 is 2.80 bits per heavy atom. The van der Waals surface area contributed by atoms with Crippen LogP contribution in [-0.2, 0) is 4.79 Å². The van der Waals surface area contributed by atoms with Crippen molar-refractivity contribution in [1.82, 2.24) is 0 Å². The number of benzene rings is 1. The first kappa shape index (κ1) is 11.5. The molecule has 1 rings (SSSR count). The van der Waals surface area contributed by atoms with Crippen molar-refractivity contribution in [2.45, 2.75) is 13.8 Å². The van der Waals surface area contributed by atoms with Gasteiger partial charge in [0.05, 0.1) is 12.5 Å². The predicted octanol–water partition coefficient (Wildman–Crippen LogP) is 1.63. The van der Waals surface area contributed by atoms with Gasteiger partial charge in [0.2, 0.25) is 5.91 Å². The van der Waals surface area contributed by atoms with Crippen LogP contribution in [0.1, 0.15) is 12.5 Å². The molecule has 4 heteroatoms. The van der Waals surface area contributed by atoms with Gasteiger partial charge in [0.1, 0.15) is 11.6 Å². The molecule has 1 atom stereocenters. The van der Waals surface area contributed by atoms with Crippen LogP contribution in [0.5, 0.6) is 5.75 Å². The number of hydrogen-bond acceptors (Lipinski definition) is 2. The van der Waals surface area contributed by atoms with Crippen LogP contribution in [0.2, 0.25) is 0 Å². The molecule has 0 fully saturated rings. The van der Waals surface area contributed by atoms with E-state index in [0.717, 1.165) is 0 Å². The summed E-state index contributed by atoms with van der Waals surface area (Å²) in [6, 6.07) is 4.44. The van der Waals surface area contributed by atoms with Crippen LogP contribution in [0.4, 0.5) is 4.39 Å². The summed E-state index contributed by atoms with van der Waals surface area (Å²) in [6.07, 6.45) is 0. The zero-order chi connectivity index (χ0) is 11.4. The number of ether oxygens (including phenoxy) is 1. The van der Waals surface area contributed by atoms with E-state index in [1.807, 2.05) is 0 Å². The molecule has 1 aromatic carbocycles. The lowest BCUT2D eigenvalue weighted by atomic mass is 10.2. The maximum absolute atomic E-state index is 12.9. The van der Waals surface area contributed by atoms with Crippen molar-refractivity contribution in [3.05, 3.63) is 29.6 Å². The third-order valence-electron chi connectivity index (χ3n) is 2.12. The fourth-order valence-electron chi connectivity index (χ4n) is 1.01. The Kier molecular flexibility index (Phi) is 3.66. The molecule has 0 aliphatic rings. The molecule has 0 bridgehead atoms. The van der Waals surface area contributed by atoms with Crippen LogP contribution < -0.4 is 10.5 Å². The van der Waals surface area contributed by atoms with Crippen molar-refractivity contribution in [1.29, 1.82) is 0 Å². The molecule has 1 unspecified atom stereocenters. The molecule has 0 heterocycles. The molecule has 0 saturated carbocycles. The summed E-state index contributed by atoms with van der Waals surface area (Å²) in [7, 11) is 0. The molecule has 82 valence electrons. The molecule has 2 N–H and O–H groups in total. The van der Waals surface area contributed by atoms with Gasteiger partial charge < -0.3 is 10.5 Å². The number of carbonyl (C=O) groups is 1. The van der Waals surface area contributed by atoms with Crippen LogP contribution in [0, 0.1) is 18.7 Å². The Labute approximate surface area is 88.0 Å². The summed E-state index contributed by atoms with van der Waals surface area (Å²) in [5.41, 5.74) is 5.59. The fourth-order valence-corrected chi connectivity index (χ4v) is 1.01. The molecular formula is C11H14FNO2. The van der Waals surface area contributed by atoms with E-state index < -0.39 is 5.91 Å². The second-order valence-electron chi connectivity index (χ2n) is 3.53. The second-order valence-corrected chi connectivity index (χ2v) is 3.53. The van der Waals surface area contributed by atoms with Gasteiger partial charge in [-0.25, -0.2) is 4.39 Å². The average Bonchev–Trinajstić information content (AvgIpc) is 2.19. The number of primary amides is 1. The van der Waals surface area contributed by atoms with Gasteiger partial charge in [-0.1, -0.05) is 6.92 Å². The van der Waals surface area contributed by atoms with Gasteiger partial charge in [-0.3, -0.25) is 4.79 Å². The standard InChI is InChI=1S/C11H14FNO2/c1-7-5-9(3-4-10(7)12)15-6-8(2)11(13)14/h3-5,8H,6H2,1-2H3,(H2,13,14). The largest absolute Gasteiger partial charge is 0.493 e. The summed E-state index contributed by atoms with van der Waals surface area (Å²) < 4.78 is 18.2. The monoisotopic (exact) mass is 211 g/mol. The van der Waals surface area contributed by atoms with Gasteiger partial charge >= 0.3 is 0 Å². The van der Waals surface area contributed by atoms with E-state index in [2.05, 4.69) is 0 Å². The molecule has 1 aromatic rings. The van der Waals surface area contributed by atoms with Crippen molar-refractivity contribution in [2.24, 2.45) is 11.7 Å². The highest BCUT2D eigenvalue weighted by atomic mass is 19.1. The smallest absolute Gasteiger partial charge is 0.223 e. The molecule has 0 spiro atoms. The molecule has 15 heavy (non-hydrogen) atoms. The van der Waals surface area contributed by atoms with Crippen LogP contribution in [-0.4, -0.2) is 12.5 Å². The molecule has 0 aliphatic carbocycles. The highest BCUT2D eigenvalue weighted by Crippen LogP contribution is 2.16. The number of amides is 1. The minimum absolute atomic E-state index is 0.209.